The van der Waals surface area contributed by atoms with Gasteiger partial charge < -0.3 is 5.32 Å². The summed E-state index contributed by atoms with van der Waals surface area (Å²) in [4.78, 5) is 16.7. The van der Waals surface area contributed by atoms with Crippen LogP contribution in [0.4, 0.5) is 5.13 Å². The molecule has 0 aliphatic heterocycles. The van der Waals surface area contributed by atoms with Crippen LogP contribution in [0.25, 0.3) is 10.2 Å². The summed E-state index contributed by atoms with van der Waals surface area (Å²) in [5, 5.41) is 2.65. The van der Waals surface area contributed by atoms with Crippen molar-refractivity contribution in [2.75, 3.05) is 5.32 Å². The number of amides is 1. The lowest BCUT2D eigenvalue weighted by Crippen LogP contribution is -2.17. The normalized spacial score (nSPS) is 12.3. The average molecular weight is 317 g/mol. The summed E-state index contributed by atoms with van der Waals surface area (Å²) in [6.45, 7) is 2.00. The predicted molar refractivity (Wildman–Crippen MR) is 88.0 cm³/mol. The lowest BCUT2D eigenvalue weighted by molar-refractivity contribution is -0.116. The van der Waals surface area contributed by atoms with Crippen molar-refractivity contribution in [2.24, 2.45) is 0 Å². The maximum absolute atomic E-state index is 12.2. The lowest BCUT2D eigenvalue weighted by Gasteiger charge is -2.08. The Balaban J connectivity index is 1.82. The van der Waals surface area contributed by atoms with Crippen LogP contribution in [-0.4, -0.2) is 10.9 Å². The number of hydrogen-bond acceptors (Lipinski definition) is 3. The molecule has 0 bridgehead atoms. The topological polar surface area (TPSA) is 42.0 Å². The first-order valence-electron chi connectivity index (χ1n) is 6.51. The van der Waals surface area contributed by atoms with Gasteiger partial charge in [0.25, 0.3) is 0 Å². The highest BCUT2D eigenvalue weighted by Crippen LogP contribution is 2.29. The number of hydrogen-bond donors (Lipinski definition) is 1. The number of aryl methyl sites for hydroxylation is 1. The van der Waals surface area contributed by atoms with Gasteiger partial charge in [-0.3, -0.25) is 4.79 Å². The monoisotopic (exact) mass is 316 g/mol. The number of thiazole rings is 1. The fourth-order valence-electron chi connectivity index (χ4n) is 2.08. The van der Waals surface area contributed by atoms with Crippen molar-refractivity contribution >= 4 is 44.2 Å². The van der Waals surface area contributed by atoms with Crippen LogP contribution in [0, 0.1) is 6.92 Å². The van der Waals surface area contributed by atoms with Crippen molar-refractivity contribution in [3.8, 4) is 0 Å². The third-order valence-corrected chi connectivity index (χ3v) is 4.56. The number of benzene rings is 2. The fraction of sp³-hybridized carbons (Fsp3) is 0.125. The Morgan fingerprint density at radius 1 is 1.19 bits per heavy atom. The zero-order chi connectivity index (χ0) is 14.8. The molecule has 1 atom stereocenters. The summed E-state index contributed by atoms with van der Waals surface area (Å²) >= 11 is 7.65. The number of alkyl halides is 1. The van der Waals surface area contributed by atoms with Crippen LogP contribution < -0.4 is 5.32 Å². The van der Waals surface area contributed by atoms with Crippen molar-refractivity contribution in [3.05, 3.63) is 59.7 Å². The van der Waals surface area contributed by atoms with Crippen LogP contribution >= 0.6 is 22.9 Å². The van der Waals surface area contributed by atoms with E-state index in [1.807, 2.05) is 55.5 Å². The molecule has 1 N–H and O–H groups in total. The average Bonchev–Trinajstić information content (AvgIpc) is 2.91. The van der Waals surface area contributed by atoms with E-state index in [0.717, 1.165) is 21.3 Å². The molecule has 3 rings (SSSR count). The molecule has 0 aliphatic carbocycles. The van der Waals surface area contributed by atoms with Gasteiger partial charge in [0, 0.05) is 0 Å². The van der Waals surface area contributed by atoms with E-state index in [9.17, 15) is 4.79 Å². The number of nitrogens with zero attached hydrogens (tertiary/aromatic N) is 1. The summed E-state index contributed by atoms with van der Waals surface area (Å²) in [6, 6.07) is 15.3. The molecule has 1 aromatic heterocycles. The predicted octanol–water partition coefficient (Wildman–Crippen LogP) is 4.52. The molecule has 0 saturated carbocycles. The molecule has 106 valence electrons. The zero-order valence-electron chi connectivity index (χ0n) is 11.3. The smallest absolute Gasteiger partial charge is 0.248 e. The summed E-state index contributed by atoms with van der Waals surface area (Å²) < 4.78 is 1.05. The van der Waals surface area contributed by atoms with Crippen molar-refractivity contribution in [2.45, 2.75) is 12.3 Å². The lowest BCUT2D eigenvalue weighted by atomic mass is 10.1. The van der Waals surface area contributed by atoms with Gasteiger partial charge in [-0.05, 0) is 24.1 Å². The van der Waals surface area contributed by atoms with E-state index in [4.69, 9.17) is 11.6 Å². The number of aromatic nitrogens is 1. The maximum atomic E-state index is 12.2. The van der Waals surface area contributed by atoms with Gasteiger partial charge in [-0.25, -0.2) is 4.98 Å². The number of para-hydroxylation sites is 1. The van der Waals surface area contributed by atoms with E-state index >= 15 is 0 Å². The summed E-state index contributed by atoms with van der Waals surface area (Å²) in [5.74, 6) is -0.264. The highest BCUT2D eigenvalue weighted by atomic mass is 35.5. The second-order valence-electron chi connectivity index (χ2n) is 4.70. The van der Waals surface area contributed by atoms with Crippen LogP contribution in [0.1, 0.15) is 16.5 Å². The fourth-order valence-corrected chi connectivity index (χ4v) is 3.23. The number of halogens is 1. The van der Waals surface area contributed by atoms with E-state index in [1.54, 1.807) is 0 Å². The summed E-state index contributed by atoms with van der Waals surface area (Å²) in [7, 11) is 0. The first-order chi connectivity index (χ1) is 10.1. The van der Waals surface area contributed by atoms with Crippen LogP contribution in [0.3, 0.4) is 0 Å². The largest absolute Gasteiger partial charge is 0.300 e. The molecule has 0 aliphatic rings. The van der Waals surface area contributed by atoms with Gasteiger partial charge in [0.05, 0.1) is 10.2 Å². The first kappa shape index (κ1) is 14.0. The van der Waals surface area contributed by atoms with E-state index in [0.29, 0.717) is 5.13 Å². The van der Waals surface area contributed by atoms with Gasteiger partial charge >= 0.3 is 0 Å². The number of carbonyl (C=O) groups excluding carboxylic acids is 1. The Morgan fingerprint density at radius 3 is 2.67 bits per heavy atom. The Bertz CT molecular complexity index is 785. The molecule has 0 saturated heterocycles. The standard InChI is InChI=1S/C16H13ClN2OS/c1-10-6-5-9-12-14(10)18-16(21-12)19-15(20)13(17)11-7-3-2-4-8-11/h2-9,13H,1H3,(H,18,19,20). The third kappa shape index (κ3) is 2.91. The van der Waals surface area contributed by atoms with Crippen molar-refractivity contribution < 1.29 is 4.79 Å². The molecule has 0 spiro atoms. The number of rotatable bonds is 3. The van der Waals surface area contributed by atoms with Gasteiger partial charge in [0.2, 0.25) is 5.91 Å². The zero-order valence-corrected chi connectivity index (χ0v) is 12.9. The molecule has 3 nitrogen and oxygen atoms in total. The second-order valence-corrected chi connectivity index (χ2v) is 6.17. The Hall–Kier alpha value is -1.91. The van der Waals surface area contributed by atoms with E-state index in [1.165, 1.54) is 11.3 Å². The van der Waals surface area contributed by atoms with Crippen LogP contribution in [-0.2, 0) is 4.79 Å². The molecule has 3 aromatic rings. The maximum Gasteiger partial charge on any atom is 0.248 e. The molecule has 1 heterocycles. The SMILES string of the molecule is Cc1cccc2sc(NC(=O)C(Cl)c3ccccc3)nc12. The highest BCUT2D eigenvalue weighted by molar-refractivity contribution is 7.22. The molecule has 0 radical (unpaired) electrons. The molecule has 5 heteroatoms. The molecular formula is C16H13ClN2OS. The molecule has 1 unspecified atom stereocenters. The van der Waals surface area contributed by atoms with Gasteiger partial charge in [-0.15, -0.1) is 11.6 Å². The number of nitrogens with one attached hydrogen (secondary N) is 1. The third-order valence-electron chi connectivity index (χ3n) is 3.17. The van der Waals surface area contributed by atoms with Gasteiger partial charge in [-0.2, -0.15) is 0 Å². The van der Waals surface area contributed by atoms with Crippen molar-refractivity contribution in [1.29, 1.82) is 0 Å². The number of carbonyl (C=O) groups is 1. The molecule has 1 amide bonds. The molecular weight excluding hydrogens is 304 g/mol. The highest BCUT2D eigenvalue weighted by Gasteiger charge is 2.19. The molecule has 21 heavy (non-hydrogen) atoms. The van der Waals surface area contributed by atoms with Crippen LogP contribution in [0.15, 0.2) is 48.5 Å². The van der Waals surface area contributed by atoms with E-state index in [2.05, 4.69) is 10.3 Å². The summed E-state index contributed by atoms with van der Waals surface area (Å²) in [6.07, 6.45) is 0. The molecule has 2 aromatic carbocycles. The van der Waals surface area contributed by atoms with Gasteiger partial charge in [0.1, 0.15) is 5.38 Å². The minimum Gasteiger partial charge on any atom is -0.300 e. The van der Waals surface area contributed by atoms with E-state index in [-0.39, 0.29) is 5.91 Å². The van der Waals surface area contributed by atoms with E-state index < -0.39 is 5.38 Å². The van der Waals surface area contributed by atoms with Crippen LogP contribution in [0.5, 0.6) is 0 Å². The van der Waals surface area contributed by atoms with Gasteiger partial charge in [-0.1, -0.05) is 53.8 Å². The first-order valence-corrected chi connectivity index (χ1v) is 7.76. The quantitative estimate of drug-likeness (QED) is 0.722. The Kier molecular flexibility index (Phi) is 3.90. The minimum atomic E-state index is -0.723. The molecule has 0 fully saturated rings. The Morgan fingerprint density at radius 2 is 1.95 bits per heavy atom. The second kappa shape index (κ2) is 5.84. The number of anilines is 1. The van der Waals surface area contributed by atoms with Gasteiger partial charge in [0.15, 0.2) is 5.13 Å². The summed E-state index contributed by atoms with van der Waals surface area (Å²) in [5.41, 5.74) is 2.78. The van der Waals surface area contributed by atoms with Crippen LogP contribution in [0.2, 0.25) is 0 Å². The Labute approximate surface area is 131 Å². The number of fused-ring (bicyclic) bond motifs is 1. The van der Waals surface area contributed by atoms with Crippen molar-refractivity contribution in [3.63, 3.8) is 0 Å². The minimum absolute atomic E-state index is 0.264. The van der Waals surface area contributed by atoms with Crippen molar-refractivity contribution in [1.82, 2.24) is 4.98 Å².